The Hall–Kier alpha value is -4.57. The third-order valence-electron chi connectivity index (χ3n) is 6.89. The fourth-order valence-corrected chi connectivity index (χ4v) is 5.13. The third kappa shape index (κ3) is 4.73. The smallest absolute Gasteiger partial charge is 0.331 e. The van der Waals surface area contributed by atoms with Gasteiger partial charge in [-0.3, -0.25) is 9.13 Å². The molecule has 0 radical (unpaired) electrons. The van der Waals surface area contributed by atoms with Crippen LogP contribution in [0.5, 0.6) is 11.5 Å². The SMILES string of the molecule is COc1cc2c(cc1OCc1ccccc1)-c1cc(=Nc3c(C)cc(C)cc3C)n(CC#N)c(=O)n1CC2. The van der Waals surface area contributed by atoms with Gasteiger partial charge in [0.25, 0.3) is 0 Å². The summed E-state index contributed by atoms with van der Waals surface area (Å²) in [4.78, 5) is 18.5. The highest BCUT2D eigenvalue weighted by atomic mass is 16.5. The molecule has 0 amide bonds. The second kappa shape index (κ2) is 10.4. The molecule has 5 rings (SSSR count). The largest absolute Gasteiger partial charge is 0.493 e. The zero-order valence-corrected chi connectivity index (χ0v) is 22.1. The Kier molecular flexibility index (Phi) is 6.89. The van der Waals surface area contributed by atoms with Gasteiger partial charge in [-0.25, -0.2) is 9.79 Å². The van der Waals surface area contributed by atoms with Crippen molar-refractivity contribution in [3.63, 3.8) is 0 Å². The molecular formula is C31H30N4O3. The van der Waals surface area contributed by atoms with Gasteiger partial charge >= 0.3 is 5.69 Å². The Bertz CT molecular complexity index is 1670. The molecule has 0 saturated heterocycles. The van der Waals surface area contributed by atoms with Crippen LogP contribution < -0.4 is 20.7 Å². The maximum atomic E-state index is 13.6. The van der Waals surface area contributed by atoms with Crippen LogP contribution in [0.15, 0.2) is 70.5 Å². The lowest BCUT2D eigenvalue weighted by molar-refractivity contribution is 0.284. The maximum Gasteiger partial charge on any atom is 0.331 e. The van der Waals surface area contributed by atoms with Crippen molar-refractivity contribution in [2.45, 2.75) is 46.9 Å². The number of methoxy groups -OCH3 is 1. The van der Waals surface area contributed by atoms with Crippen LogP contribution in [0.4, 0.5) is 5.69 Å². The molecule has 0 aliphatic carbocycles. The summed E-state index contributed by atoms with van der Waals surface area (Å²) in [5, 5.41) is 9.50. The fourth-order valence-electron chi connectivity index (χ4n) is 5.13. The first-order chi connectivity index (χ1) is 18.4. The molecule has 1 aliphatic rings. The summed E-state index contributed by atoms with van der Waals surface area (Å²) in [5.74, 6) is 1.26. The predicted octanol–water partition coefficient (Wildman–Crippen LogP) is 5.14. The first-order valence-electron chi connectivity index (χ1n) is 12.6. The molecule has 192 valence electrons. The van der Waals surface area contributed by atoms with Crippen LogP contribution in [-0.4, -0.2) is 16.2 Å². The van der Waals surface area contributed by atoms with Crippen LogP contribution in [-0.2, 0) is 26.1 Å². The minimum Gasteiger partial charge on any atom is -0.493 e. The van der Waals surface area contributed by atoms with E-state index in [1.807, 2.05) is 69.3 Å². The number of rotatable bonds is 6. The number of nitriles is 1. The predicted molar refractivity (Wildman–Crippen MR) is 147 cm³/mol. The number of fused-ring (bicyclic) bond motifs is 3. The van der Waals surface area contributed by atoms with E-state index in [2.05, 4.69) is 18.2 Å². The summed E-state index contributed by atoms with van der Waals surface area (Å²) >= 11 is 0. The third-order valence-corrected chi connectivity index (χ3v) is 6.89. The quantitative estimate of drug-likeness (QED) is 0.363. The molecular weight excluding hydrogens is 476 g/mol. The molecule has 0 bridgehead atoms. The number of hydrogen-bond acceptors (Lipinski definition) is 5. The standard InChI is InChI=1S/C31H30N4O3/c1-20-14-21(2)30(22(3)15-20)33-29-18-26-25-17-28(38-19-23-8-6-5-7-9-23)27(37-4)16-24(25)10-12-34(26)31(36)35(29)13-11-32/h5-9,14-18H,10,12-13,19H2,1-4H3. The van der Waals surface area contributed by atoms with Crippen molar-refractivity contribution >= 4 is 5.69 Å². The van der Waals surface area contributed by atoms with Crippen molar-refractivity contribution in [3.05, 3.63) is 104 Å². The number of benzene rings is 3. The molecule has 0 N–H and O–H groups in total. The van der Waals surface area contributed by atoms with Gasteiger partial charge < -0.3 is 9.47 Å². The Morgan fingerprint density at radius 2 is 1.74 bits per heavy atom. The van der Waals surface area contributed by atoms with Crippen molar-refractivity contribution < 1.29 is 9.47 Å². The van der Waals surface area contributed by atoms with E-state index in [9.17, 15) is 10.1 Å². The Balaban J connectivity index is 1.68. The summed E-state index contributed by atoms with van der Waals surface area (Å²) in [7, 11) is 1.63. The summed E-state index contributed by atoms with van der Waals surface area (Å²) in [6, 6.07) is 22.1. The van der Waals surface area contributed by atoms with Gasteiger partial charge in [-0.1, -0.05) is 48.0 Å². The van der Waals surface area contributed by atoms with Crippen molar-refractivity contribution in [3.8, 4) is 28.8 Å². The maximum absolute atomic E-state index is 13.6. The van der Waals surface area contributed by atoms with Gasteiger partial charge in [-0.05, 0) is 61.6 Å². The number of aryl methyl sites for hydroxylation is 4. The van der Waals surface area contributed by atoms with Gasteiger partial charge in [0.1, 0.15) is 18.6 Å². The van der Waals surface area contributed by atoms with Gasteiger partial charge in [0.15, 0.2) is 11.5 Å². The topological polar surface area (TPSA) is 81.5 Å². The van der Waals surface area contributed by atoms with E-state index >= 15 is 0 Å². The summed E-state index contributed by atoms with van der Waals surface area (Å²) in [6.07, 6.45) is 0.663. The van der Waals surface area contributed by atoms with Gasteiger partial charge in [0, 0.05) is 18.2 Å². The number of nitrogens with zero attached hydrogens (tertiary/aromatic N) is 4. The van der Waals surface area contributed by atoms with Gasteiger partial charge in [0.2, 0.25) is 0 Å². The van der Waals surface area contributed by atoms with E-state index in [1.165, 1.54) is 4.57 Å². The lowest BCUT2D eigenvalue weighted by Gasteiger charge is -2.24. The van der Waals surface area contributed by atoms with E-state index in [0.717, 1.165) is 44.8 Å². The molecule has 7 nitrogen and oxygen atoms in total. The molecule has 0 unspecified atom stereocenters. The number of ether oxygens (including phenoxy) is 2. The zero-order valence-electron chi connectivity index (χ0n) is 22.1. The highest BCUT2D eigenvalue weighted by molar-refractivity contribution is 5.70. The summed E-state index contributed by atoms with van der Waals surface area (Å²) in [6.45, 7) is 6.89. The van der Waals surface area contributed by atoms with Gasteiger partial charge in [-0.15, -0.1) is 0 Å². The lowest BCUT2D eigenvalue weighted by Crippen LogP contribution is -2.42. The average Bonchev–Trinajstić information content (AvgIpc) is 2.91. The molecule has 4 aromatic rings. The molecule has 0 spiro atoms. The van der Waals surface area contributed by atoms with E-state index < -0.39 is 0 Å². The molecule has 0 atom stereocenters. The van der Waals surface area contributed by atoms with Crippen molar-refractivity contribution in [2.75, 3.05) is 7.11 Å². The van der Waals surface area contributed by atoms with Crippen LogP contribution in [0.2, 0.25) is 0 Å². The van der Waals surface area contributed by atoms with Crippen molar-refractivity contribution in [1.29, 1.82) is 5.26 Å². The summed E-state index contributed by atoms with van der Waals surface area (Å²) < 4.78 is 15.0. The van der Waals surface area contributed by atoms with E-state index in [4.69, 9.17) is 14.5 Å². The molecule has 1 aliphatic heterocycles. The summed E-state index contributed by atoms with van der Waals surface area (Å²) in [5.41, 5.74) is 7.97. The van der Waals surface area contributed by atoms with Crippen LogP contribution >= 0.6 is 0 Å². The molecule has 38 heavy (non-hydrogen) atoms. The Morgan fingerprint density at radius 3 is 2.42 bits per heavy atom. The minimum absolute atomic E-state index is 0.0805. The second-order valence-electron chi connectivity index (χ2n) is 9.61. The second-order valence-corrected chi connectivity index (χ2v) is 9.61. The number of hydrogen-bond donors (Lipinski definition) is 0. The first kappa shape index (κ1) is 25.1. The lowest BCUT2D eigenvalue weighted by atomic mass is 9.97. The van der Waals surface area contributed by atoms with E-state index in [1.54, 1.807) is 11.7 Å². The monoisotopic (exact) mass is 506 g/mol. The molecule has 3 aromatic carbocycles. The molecule has 0 saturated carbocycles. The van der Waals surface area contributed by atoms with Crippen LogP contribution in [0.1, 0.15) is 27.8 Å². The number of aromatic nitrogens is 2. The fraction of sp³-hybridized carbons (Fsp3) is 0.258. The van der Waals surface area contributed by atoms with Crippen molar-refractivity contribution in [1.82, 2.24) is 9.13 Å². The zero-order chi connectivity index (χ0) is 26.8. The van der Waals surface area contributed by atoms with Crippen LogP contribution in [0.25, 0.3) is 11.3 Å². The normalized spacial score (nSPS) is 12.4. The van der Waals surface area contributed by atoms with Crippen molar-refractivity contribution in [2.24, 2.45) is 4.99 Å². The van der Waals surface area contributed by atoms with Gasteiger partial charge in [-0.2, -0.15) is 5.26 Å². The molecule has 1 aromatic heterocycles. The van der Waals surface area contributed by atoms with E-state index in [-0.39, 0.29) is 12.2 Å². The van der Waals surface area contributed by atoms with Crippen LogP contribution in [0, 0.1) is 32.1 Å². The van der Waals surface area contributed by atoms with E-state index in [0.29, 0.717) is 36.6 Å². The molecule has 2 heterocycles. The minimum atomic E-state index is -0.251. The first-order valence-corrected chi connectivity index (χ1v) is 12.6. The Morgan fingerprint density at radius 1 is 1.00 bits per heavy atom. The molecule has 0 fully saturated rings. The van der Waals surface area contributed by atoms with Gasteiger partial charge in [0.05, 0.1) is 24.6 Å². The Labute approximate surface area is 221 Å². The highest BCUT2D eigenvalue weighted by Crippen LogP contribution is 2.38. The highest BCUT2D eigenvalue weighted by Gasteiger charge is 2.22. The average molecular weight is 507 g/mol. The van der Waals surface area contributed by atoms with Crippen LogP contribution in [0.3, 0.4) is 0 Å². The molecule has 7 heteroatoms.